The number of aryl methyl sites for hydroxylation is 1. The Balaban J connectivity index is 2.15. The van der Waals surface area contributed by atoms with Crippen LogP contribution in [0, 0.1) is 17.6 Å². The number of hydrogen-bond donors (Lipinski definition) is 0. The van der Waals surface area contributed by atoms with Gasteiger partial charge in [-0.3, -0.25) is 4.79 Å². The van der Waals surface area contributed by atoms with E-state index >= 15 is 0 Å². The van der Waals surface area contributed by atoms with E-state index in [2.05, 4.69) is 4.98 Å². The summed E-state index contributed by atoms with van der Waals surface area (Å²) in [6, 6.07) is 0. The topological polar surface area (TPSA) is 34.9 Å². The van der Waals surface area contributed by atoms with E-state index in [0.29, 0.717) is 18.0 Å². The highest BCUT2D eigenvalue weighted by Gasteiger charge is 2.27. The minimum Gasteiger partial charge on any atom is -0.335 e. The highest BCUT2D eigenvalue weighted by atomic mass is 19.2. The molecule has 0 amide bonds. The highest BCUT2D eigenvalue weighted by molar-refractivity contribution is 6.07. The standard InChI is InChI=1S/C13H12F2N2O/c1-17-6-8(10(18)4-7-2-3-7)11-12(15)9(14)5-16-13(11)17/h5-7H,2-4H2,1H3. The first-order valence-electron chi connectivity index (χ1n) is 5.90. The number of carbonyl (C=O) groups is 1. The molecular formula is C13H12F2N2O. The molecule has 0 aliphatic heterocycles. The SMILES string of the molecule is Cn1cc(C(=O)CC2CC2)c2c(F)c(F)cnc21. The Bertz CT molecular complexity index is 644. The maximum Gasteiger partial charge on any atom is 0.177 e. The summed E-state index contributed by atoms with van der Waals surface area (Å²) in [7, 11) is 1.67. The predicted molar refractivity (Wildman–Crippen MR) is 62.3 cm³/mol. The van der Waals surface area contributed by atoms with Crippen LogP contribution >= 0.6 is 0 Å². The monoisotopic (exact) mass is 250 g/mol. The molecule has 1 aliphatic carbocycles. The summed E-state index contributed by atoms with van der Waals surface area (Å²) < 4.78 is 28.6. The first kappa shape index (κ1) is 11.3. The molecule has 2 heterocycles. The lowest BCUT2D eigenvalue weighted by molar-refractivity contribution is 0.0977. The zero-order valence-corrected chi connectivity index (χ0v) is 9.91. The van der Waals surface area contributed by atoms with Gasteiger partial charge in [-0.2, -0.15) is 0 Å². The van der Waals surface area contributed by atoms with E-state index in [1.807, 2.05) is 0 Å². The van der Waals surface area contributed by atoms with Gasteiger partial charge >= 0.3 is 0 Å². The van der Waals surface area contributed by atoms with Crippen molar-refractivity contribution in [1.29, 1.82) is 0 Å². The number of hydrogen-bond acceptors (Lipinski definition) is 2. The van der Waals surface area contributed by atoms with Crippen molar-refractivity contribution in [2.75, 3.05) is 0 Å². The molecule has 1 fully saturated rings. The number of rotatable bonds is 3. The summed E-state index contributed by atoms with van der Waals surface area (Å²) in [6.07, 6.45) is 4.88. The Morgan fingerprint density at radius 2 is 2.22 bits per heavy atom. The third kappa shape index (κ3) is 1.70. The molecule has 2 aromatic heterocycles. The number of nitrogens with zero attached hydrogens (tertiary/aromatic N) is 2. The summed E-state index contributed by atoms with van der Waals surface area (Å²) in [5.41, 5.74) is 0.539. The maximum absolute atomic E-state index is 13.8. The second-order valence-corrected chi connectivity index (χ2v) is 4.84. The molecule has 2 aromatic rings. The fourth-order valence-corrected chi connectivity index (χ4v) is 2.19. The third-order valence-electron chi connectivity index (χ3n) is 3.35. The van der Waals surface area contributed by atoms with Crippen molar-refractivity contribution in [3.05, 3.63) is 29.6 Å². The van der Waals surface area contributed by atoms with E-state index in [9.17, 15) is 13.6 Å². The second kappa shape index (κ2) is 3.86. The van der Waals surface area contributed by atoms with Crippen LogP contribution in [0.3, 0.4) is 0 Å². The quantitative estimate of drug-likeness (QED) is 0.785. The van der Waals surface area contributed by atoms with Gasteiger partial charge in [0.15, 0.2) is 17.4 Å². The van der Waals surface area contributed by atoms with Crippen molar-refractivity contribution in [3.8, 4) is 0 Å². The Kier molecular flexibility index (Phi) is 2.43. The van der Waals surface area contributed by atoms with Crippen LogP contribution in [0.4, 0.5) is 8.78 Å². The number of aromatic nitrogens is 2. The molecular weight excluding hydrogens is 238 g/mol. The molecule has 3 rings (SSSR count). The molecule has 1 saturated carbocycles. The smallest absolute Gasteiger partial charge is 0.177 e. The molecule has 0 atom stereocenters. The van der Waals surface area contributed by atoms with Crippen molar-refractivity contribution in [2.24, 2.45) is 13.0 Å². The first-order valence-corrected chi connectivity index (χ1v) is 5.90. The molecule has 0 radical (unpaired) electrons. The summed E-state index contributed by atoms with van der Waals surface area (Å²) in [5.74, 6) is -1.72. The van der Waals surface area contributed by atoms with Gasteiger partial charge in [0.2, 0.25) is 0 Å². The van der Waals surface area contributed by atoms with Gasteiger partial charge in [0, 0.05) is 25.2 Å². The molecule has 0 spiro atoms. The number of fused-ring (bicyclic) bond motifs is 1. The van der Waals surface area contributed by atoms with Crippen molar-refractivity contribution >= 4 is 16.8 Å². The van der Waals surface area contributed by atoms with Gasteiger partial charge in [-0.15, -0.1) is 0 Å². The van der Waals surface area contributed by atoms with Gasteiger partial charge in [0.05, 0.1) is 11.6 Å². The molecule has 94 valence electrons. The minimum atomic E-state index is -1.02. The van der Waals surface area contributed by atoms with E-state index in [4.69, 9.17) is 0 Å². The number of Topliss-reactive ketones (excluding diaryl/α,β-unsaturated/α-hetero) is 1. The molecule has 18 heavy (non-hydrogen) atoms. The number of halogens is 2. The minimum absolute atomic E-state index is 0.00292. The summed E-state index contributed by atoms with van der Waals surface area (Å²) >= 11 is 0. The summed E-state index contributed by atoms with van der Waals surface area (Å²) in [5, 5.41) is 0.00292. The molecule has 0 unspecified atom stereocenters. The van der Waals surface area contributed by atoms with Gasteiger partial charge in [-0.25, -0.2) is 13.8 Å². The third-order valence-corrected chi connectivity index (χ3v) is 3.35. The molecule has 0 aromatic carbocycles. The van der Waals surface area contributed by atoms with Crippen LogP contribution in [0.2, 0.25) is 0 Å². The van der Waals surface area contributed by atoms with E-state index in [-0.39, 0.29) is 16.7 Å². The highest BCUT2D eigenvalue weighted by Crippen LogP contribution is 2.35. The van der Waals surface area contributed by atoms with Crippen LogP contribution in [0.25, 0.3) is 11.0 Å². The maximum atomic E-state index is 13.8. The van der Waals surface area contributed by atoms with Crippen LogP contribution < -0.4 is 0 Å². The lowest BCUT2D eigenvalue weighted by atomic mass is 10.1. The van der Waals surface area contributed by atoms with Crippen LogP contribution in [0.15, 0.2) is 12.4 Å². The molecule has 5 heteroatoms. The van der Waals surface area contributed by atoms with Crippen LogP contribution in [-0.4, -0.2) is 15.3 Å². The van der Waals surface area contributed by atoms with Gasteiger partial charge in [0.25, 0.3) is 0 Å². The fraction of sp³-hybridized carbons (Fsp3) is 0.385. The van der Waals surface area contributed by atoms with Gasteiger partial charge in [-0.1, -0.05) is 0 Å². The molecule has 0 saturated heterocycles. The van der Waals surface area contributed by atoms with Gasteiger partial charge < -0.3 is 4.57 Å². The fourth-order valence-electron chi connectivity index (χ4n) is 2.19. The van der Waals surface area contributed by atoms with Crippen molar-refractivity contribution in [1.82, 2.24) is 9.55 Å². The lowest BCUT2D eigenvalue weighted by Crippen LogP contribution is -2.00. The van der Waals surface area contributed by atoms with Crippen molar-refractivity contribution in [3.63, 3.8) is 0 Å². The zero-order valence-electron chi connectivity index (χ0n) is 9.91. The van der Waals surface area contributed by atoms with Gasteiger partial charge in [-0.05, 0) is 18.8 Å². The van der Waals surface area contributed by atoms with Crippen LogP contribution in [0.5, 0.6) is 0 Å². The normalized spacial score (nSPS) is 15.3. The van der Waals surface area contributed by atoms with E-state index in [0.717, 1.165) is 19.0 Å². The largest absolute Gasteiger partial charge is 0.335 e. The number of carbonyl (C=O) groups excluding carboxylic acids is 1. The average molecular weight is 250 g/mol. The molecule has 1 aliphatic rings. The predicted octanol–water partition coefficient (Wildman–Crippen LogP) is 2.83. The van der Waals surface area contributed by atoms with Gasteiger partial charge in [0.1, 0.15) is 5.65 Å². The van der Waals surface area contributed by atoms with E-state index < -0.39 is 11.6 Å². The molecule has 3 nitrogen and oxygen atoms in total. The number of ketones is 1. The Hall–Kier alpha value is -1.78. The van der Waals surface area contributed by atoms with E-state index in [1.54, 1.807) is 11.6 Å². The summed E-state index contributed by atoms with van der Waals surface area (Å²) in [6.45, 7) is 0. The van der Waals surface area contributed by atoms with Crippen molar-refractivity contribution in [2.45, 2.75) is 19.3 Å². The first-order chi connectivity index (χ1) is 8.58. The zero-order chi connectivity index (χ0) is 12.9. The Morgan fingerprint density at radius 3 is 2.89 bits per heavy atom. The Morgan fingerprint density at radius 1 is 1.50 bits per heavy atom. The molecule has 0 N–H and O–H groups in total. The van der Waals surface area contributed by atoms with E-state index in [1.165, 1.54) is 6.20 Å². The van der Waals surface area contributed by atoms with Crippen LogP contribution in [0.1, 0.15) is 29.6 Å². The summed E-state index contributed by atoms with van der Waals surface area (Å²) in [4.78, 5) is 15.9. The van der Waals surface area contributed by atoms with Crippen LogP contribution in [-0.2, 0) is 7.05 Å². The Labute approximate surface area is 102 Å². The average Bonchev–Trinajstić information content (AvgIpc) is 3.07. The molecule has 0 bridgehead atoms. The second-order valence-electron chi connectivity index (χ2n) is 4.84. The number of pyridine rings is 1. The lowest BCUT2D eigenvalue weighted by Gasteiger charge is -1.99. The van der Waals surface area contributed by atoms with Crippen molar-refractivity contribution < 1.29 is 13.6 Å².